The predicted molar refractivity (Wildman–Crippen MR) is 125 cm³/mol. The van der Waals surface area contributed by atoms with Crippen LogP contribution < -0.4 is 15.4 Å². The smallest absolute Gasteiger partial charge is 0.170 e. The van der Waals surface area contributed by atoms with Gasteiger partial charge in [-0.15, -0.1) is 0 Å². The molecule has 146 valence electrons. The van der Waals surface area contributed by atoms with Crippen molar-refractivity contribution in [1.82, 2.24) is 10.3 Å². The third-order valence-electron chi connectivity index (χ3n) is 4.01. The quantitative estimate of drug-likeness (QED) is 0.351. The van der Waals surface area contributed by atoms with Gasteiger partial charge < -0.3 is 15.4 Å². The summed E-state index contributed by atoms with van der Waals surface area (Å²) in [6, 6.07) is 13.3. The van der Waals surface area contributed by atoms with Crippen LogP contribution in [0.5, 0.6) is 5.75 Å². The van der Waals surface area contributed by atoms with E-state index in [0.29, 0.717) is 15.2 Å². The lowest BCUT2D eigenvalue weighted by atomic mass is 10.1. The molecular formula is C20H19Cl2N3OS2. The fraction of sp³-hybridized carbons (Fsp3) is 0.200. The van der Waals surface area contributed by atoms with E-state index in [9.17, 15) is 0 Å². The number of ether oxygens (including phenoxy) is 1. The SMILES string of the molecule is COc1ccc(NC(=S)NCCSCc2ccc(Cl)cc2Cl)c2cccnc12. The topological polar surface area (TPSA) is 46.2 Å². The first-order chi connectivity index (χ1) is 13.6. The molecular weight excluding hydrogens is 433 g/mol. The van der Waals surface area contributed by atoms with Gasteiger partial charge >= 0.3 is 0 Å². The maximum absolute atomic E-state index is 6.19. The number of methoxy groups -OCH3 is 1. The molecule has 1 aromatic heterocycles. The van der Waals surface area contributed by atoms with Gasteiger partial charge in [0.15, 0.2) is 5.11 Å². The molecule has 3 rings (SSSR count). The first kappa shape index (κ1) is 21.0. The van der Waals surface area contributed by atoms with Crippen LogP contribution in [0.2, 0.25) is 10.0 Å². The Hall–Kier alpha value is -1.73. The average Bonchev–Trinajstić information content (AvgIpc) is 2.69. The third-order valence-corrected chi connectivity index (χ3v) is 5.85. The Kier molecular flexibility index (Phi) is 7.62. The van der Waals surface area contributed by atoms with E-state index in [4.69, 9.17) is 40.2 Å². The Morgan fingerprint density at radius 1 is 1.21 bits per heavy atom. The second kappa shape index (κ2) is 10.2. The Morgan fingerprint density at radius 2 is 2.07 bits per heavy atom. The second-order valence-electron chi connectivity index (χ2n) is 5.88. The number of hydrogen-bond donors (Lipinski definition) is 2. The van der Waals surface area contributed by atoms with Crippen LogP contribution in [0.1, 0.15) is 5.56 Å². The molecule has 8 heteroatoms. The summed E-state index contributed by atoms with van der Waals surface area (Å²) in [6.45, 7) is 0.744. The number of rotatable bonds is 7. The van der Waals surface area contributed by atoms with E-state index in [1.54, 1.807) is 31.1 Å². The highest BCUT2D eigenvalue weighted by Gasteiger charge is 2.08. The van der Waals surface area contributed by atoms with Crippen molar-refractivity contribution in [3.63, 3.8) is 0 Å². The van der Waals surface area contributed by atoms with Gasteiger partial charge in [0.25, 0.3) is 0 Å². The first-order valence-corrected chi connectivity index (χ1v) is 10.9. The minimum atomic E-state index is 0.570. The zero-order valence-corrected chi connectivity index (χ0v) is 18.3. The van der Waals surface area contributed by atoms with E-state index in [-0.39, 0.29) is 0 Å². The van der Waals surface area contributed by atoms with E-state index in [2.05, 4.69) is 15.6 Å². The lowest BCUT2D eigenvalue weighted by molar-refractivity contribution is 0.419. The Balaban J connectivity index is 1.49. The second-order valence-corrected chi connectivity index (χ2v) is 8.24. The van der Waals surface area contributed by atoms with Crippen LogP contribution in [0.3, 0.4) is 0 Å². The Bertz CT molecular complexity index is 985. The summed E-state index contributed by atoms with van der Waals surface area (Å²) in [4.78, 5) is 4.40. The van der Waals surface area contributed by atoms with Crippen molar-refractivity contribution in [3.05, 3.63) is 64.3 Å². The summed E-state index contributed by atoms with van der Waals surface area (Å²) >= 11 is 19.3. The molecule has 4 nitrogen and oxygen atoms in total. The van der Waals surface area contributed by atoms with E-state index in [1.807, 2.05) is 36.4 Å². The fourth-order valence-electron chi connectivity index (χ4n) is 2.64. The van der Waals surface area contributed by atoms with Crippen LogP contribution in [-0.4, -0.2) is 29.5 Å². The van der Waals surface area contributed by atoms with Gasteiger partial charge in [-0.05, 0) is 54.2 Å². The molecule has 0 unspecified atom stereocenters. The highest BCUT2D eigenvalue weighted by Crippen LogP contribution is 2.29. The van der Waals surface area contributed by atoms with Crippen LogP contribution in [0.15, 0.2) is 48.7 Å². The van der Waals surface area contributed by atoms with Gasteiger partial charge in [0, 0.05) is 45.4 Å². The molecule has 0 aliphatic rings. The Labute approximate surface area is 184 Å². The van der Waals surface area contributed by atoms with Crippen LogP contribution in [0, 0.1) is 0 Å². The van der Waals surface area contributed by atoms with Crippen molar-refractivity contribution in [2.45, 2.75) is 5.75 Å². The molecule has 0 spiro atoms. The van der Waals surface area contributed by atoms with E-state index in [1.165, 1.54) is 0 Å². The number of nitrogens with zero attached hydrogens (tertiary/aromatic N) is 1. The van der Waals surface area contributed by atoms with Crippen molar-refractivity contribution >= 4 is 68.9 Å². The lowest BCUT2D eigenvalue weighted by Gasteiger charge is -2.13. The number of hydrogen-bond acceptors (Lipinski definition) is 4. The molecule has 0 bridgehead atoms. The molecule has 0 saturated heterocycles. The molecule has 0 radical (unpaired) electrons. The summed E-state index contributed by atoms with van der Waals surface area (Å²) in [5, 5.41) is 9.34. The van der Waals surface area contributed by atoms with Crippen molar-refractivity contribution in [1.29, 1.82) is 0 Å². The first-order valence-electron chi connectivity index (χ1n) is 8.56. The molecule has 1 heterocycles. The molecule has 0 fully saturated rings. The third kappa shape index (κ3) is 5.41. The molecule has 3 aromatic rings. The van der Waals surface area contributed by atoms with Gasteiger partial charge in [-0.3, -0.25) is 4.98 Å². The van der Waals surface area contributed by atoms with Crippen LogP contribution in [0.25, 0.3) is 10.9 Å². The number of benzene rings is 2. The van der Waals surface area contributed by atoms with Crippen LogP contribution in [0.4, 0.5) is 5.69 Å². The van der Waals surface area contributed by atoms with Crippen molar-refractivity contribution in [2.75, 3.05) is 24.7 Å². The van der Waals surface area contributed by atoms with Gasteiger partial charge in [-0.2, -0.15) is 11.8 Å². The number of aromatic nitrogens is 1. The summed E-state index contributed by atoms with van der Waals surface area (Å²) in [7, 11) is 1.64. The van der Waals surface area contributed by atoms with Gasteiger partial charge in [0.05, 0.1) is 7.11 Å². The molecule has 28 heavy (non-hydrogen) atoms. The zero-order chi connectivity index (χ0) is 19.9. The maximum atomic E-state index is 6.19. The van der Waals surface area contributed by atoms with E-state index >= 15 is 0 Å². The number of halogens is 2. The number of fused-ring (bicyclic) bond motifs is 1. The molecule has 2 N–H and O–H groups in total. The van der Waals surface area contributed by atoms with E-state index < -0.39 is 0 Å². The lowest BCUT2D eigenvalue weighted by Crippen LogP contribution is -2.30. The minimum absolute atomic E-state index is 0.570. The minimum Gasteiger partial charge on any atom is -0.494 e. The summed E-state index contributed by atoms with van der Waals surface area (Å²) in [5.74, 6) is 2.45. The zero-order valence-electron chi connectivity index (χ0n) is 15.2. The molecule has 0 saturated carbocycles. The predicted octanol–water partition coefficient (Wildman–Crippen LogP) is 5.77. The number of anilines is 1. The normalized spacial score (nSPS) is 10.7. The summed E-state index contributed by atoms with van der Waals surface area (Å²) in [5.41, 5.74) is 2.77. The number of nitrogens with one attached hydrogen (secondary N) is 2. The number of thioether (sulfide) groups is 1. The van der Waals surface area contributed by atoms with Gasteiger partial charge in [-0.25, -0.2) is 0 Å². The molecule has 0 aliphatic heterocycles. The molecule has 2 aromatic carbocycles. The van der Waals surface area contributed by atoms with Crippen molar-refractivity contribution < 1.29 is 4.74 Å². The summed E-state index contributed by atoms with van der Waals surface area (Å²) in [6.07, 6.45) is 1.75. The standard InChI is InChI=1S/C20H19Cl2N3OS2/c1-26-18-7-6-17(15-3-2-8-23-19(15)18)25-20(27)24-9-10-28-12-13-4-5-14(21)11-16(13)22/h2-8,11H,9-10,12H2,1H3,(H2,24,25,27). The van der Waals surface area contributed by atoms with Gasteiger partial charge in [0.1, 0.15) is 11.3 Å². The molecule has 0 amide bonds. The number of thiocarbonyl (C=S) groups is 1. The van der Waals surface area contributed by atoms with Crippen molar-refractivity contribution in [2.24, 2.45) is 0 Å². The average molecular weight is 452 g/mol. The van der Waals surface area contributed by atoms with Crippen LogP contribution >= 0.6 is 47.2 Å². The highest BCUT2D eigenvalue weighted by molar-refractivity contribution is 7.98. The van der Waals surface area contributed by atoms with E-state index in [0.717, 1.165) is 46.0 Å². The summed E-state index contributed by atoms with van der Waals surface area (Å²) < 4.78 is 5.37. The Morgan fingerprint density at radius 3 is 2.86 bits per heavy atom. The van der Waals surface area contributed by atoms with Gasteiger partial charge in [0.2, 0.25) is 0 Å². The van der Waals surface area contributed by atoms with Crippen LogP contribution in [-0.2, 0) is 5.75 Å². The van der Waals surface area contributed by atoms with Crippen molar-refractivity contribution in [3.8, 4) is 5.75 Å². The molecule has 0 atom stereocenters. The highest BCUT2D eigenvalue weighted by atomic mass is 35.5. The largest absolute Gasteiger partial charge is 0.494 e. The number of pyridine rings is 1. The monoisotopic (exact) mass is 451 g/mol. The molecule has 0 aliphatic carbocycles. The van der Waals surface area contributed by atoms with Gasteiger partial charge in [-0.1, -0.05) is 29.3 Å². The fourth-order valence-corrected chi connectivity index (χ4v) is 4.27. The maximum Gasteiger partial charge on any atom is 0.170 e.